The number of fused-ring (bicyclic) bond motifs is 1. The van der Waals surface area contributed by atoms with E-state index in [0.29, 0.717) is 0 Å². The fraction of sp³-hybridized carbons (Fsp3) is 0.538. The van der Waals surface area contributed by atoms with Crippen LogP contribution in [0.2, 0.25) is 0 Å². The SMILES string of the molecule is CCCC1Oc2cc(C)c(C)cc2C1O. The zero-order valence-corrected chi connectivity index (χ0v) is 9.58. The van der Waals surface area contributed by atoms with Crippen molar-refractivity contribution < 1.29 is 9.84 Å². The van der Waals surface area contributed by atoms with Gasteiger partial charge in [0.25, 0.3) is 0 Å². The second-order valence-corrected chi connectivity index (χ2v) is 4.36. The van der Waals surface area contributed by atoms with E-state index in [1.165, 1.54) is 11.1 Å². The van der Waals surface area contributed by atoms with Gasteiger partial charge in [0.15, 0.2) is 0 Å². The number of hydrogen-bond acceptors (Lipinski definition) is 2. The number of aliphatic hydroxyl groups excluding tert-OH is 1. The molecule has 1 N–H and O–H groups in total. The molecule has 1 aromatic rings. The van der Waals surface area contributed by atoms with Gasteiger partial charge >= 0.3 is 0 Å². The zero-order chi connectivity index (χ0) is 11.0. The molecule has 2 atom stereocenters. The average molecular weight is 206 g/mol. The first-order valence-corrected chi connectivity index (χ1v) is 5.59. The normalized spacial score (nSPS) is 23.7. The molecule has 0 amide bonds. The highest BCUT2D eigenvalue weighted by Crippen LogP contribution is 2.39. The Balaban J connectivity index is 2.33. The number of rotatable bonds is 2. The maximum absolute atomic E-state index is 10.1. The van der Waals surface area contributed by atoms with Gasteiger partial charge in [-0.15, -0.1) is 0 Å². The third-order valence-corrected chi connectivity index (χ3v) is 3.15. The molecule has 1 aliphatic heterocycles. The van der Waals surface area contributed by atoms with Crippen molar-refractivity contribution in [2.75, 3.05) is 0 Å². The first-order valence-electron chi connectivity index (χ1n) is 5.59. The number of aliphatic hydroxyl groups is 1. The first kappa shape index (κ1) is 10.5. The van der Waals surface area contributed by atoms with Gasteiger partial charge in [0.1, 0.15) is 18.0 Å². The summed E-state index contributed by atoms with van der Waals surface area (Å²) in [5.41, 5.74) is 3.39. The molecule has 1 aliphatic rings. The van der Waals surface area contributed by atoms with Gasteiger partial charge in [0, 0.05) is 5.56 Å². The summed E-state index contributed by atoms with van der Waals surface area (Å²) in [6.45, 7) is 6.24. The minimum Gasteiger partial charge on any atom is -0.487 e. The third-order valence-electron chi connectivity index (χ3n) is 3.15. The molecule has 0 saturated heterocycles. The molecule has 2 rings (SSSR count). The predicted octanol–water partition coefficient (Wildman–Crippen LogP) is 2.90. The lowest BCUT2D eigenvalue weighted by molar-refractivity contribution is 0.0616. The number of aryl methyl sites for hydroxylation is 2. The van der Waals surface area contributed by atoms with Gasteiger partial charge in [0.05, 0.1) is 0 Å². The van der Waals surface area contributed by atoms with Gasteiger partial charge in [-0.25, -0.2) is 0 Å². The molecule has 0 aliphatic carbocycles. The molecule has 15 heavy (non-hydrogen) atoms. The van der Waals surface area contributed by atoms with E-state index in [1.807, 2.05) is 12.1 Å². The van der Waals surface area contributed by atoms with E-state index in [1.54, 1.807) is 0 Å². The lowest BCUT2D eigenvalue weighted by atomic mass is 9.99. The van der Waals surface area contributed by atoms with E-state index in [9.17, 15) is 5.11 Å². The van der Waals surface area contributed by atoms with Crippen LogP contribution in [0, 0.1) is 13.8 Å². The summed E-state index contributed by atoms with van der Waals surface area (Å²) >= 11 is 0. The molecule has 1 aromatic carbocycles. The van der Waals surface area contributed by atoms with Gasteiger partial charge in [0.2, 0.25) is 0 Å². The predicted molar refractivity (Wildman–Crippen MR) is 60.2 cm³/mol. The van der Waals surface area contributed by atoms with E-state index < -0.39 is 6.10 Å². The number of hydrogen-bond donors (Lipinski definition) is 1. The molecule has 2 nitrogen and oxygen atoms in total. The summed E-state index contributed by atoms with van der Waals surface area (Å²) in [5, 5.41) is 10.1. The molecule has 0 radical (unpaired) electrons. The van der Waals surface area contributed by atoms with Crippen LogP contribution >= 0.6 is 0 Å². The lowest BCUT2D eigenvalue weighted by Gasteiger charge is -2.12. The van der Waals surface area contributed by atoms with Crippen LogP contribution in [0.15, 0.2) is 12.1 Å². The smallest absolute Gasteiger partial charge is 0.129 e. The molecule has 1 heterocycles. The summed E-state index contributed by atoms with van der Waals surface area (Å²) in [7, 11) is 0. The van der Waals surface area contributed by atoms with E-state index in [2.05, 4.69) is 20.8 Å². The molecule has 0 spiro atoms. The van der Waals surface area contributed by atoms with Crippen molar-refractivity contribution in [1.29, 1.82) is 0 Å². The number of ether oxygens (including phenoxy) is 1. The maximum Gasteiger partial charge on any atom is 0.129 e. The van der Waals surface area contributed by atoms with Gasteiger partial charge in [-0.3, -0.25) is 0 Å². The molecule has 0 saturated carbocycles. The summed E-state index contributed by atoms with van der Waals surface area (Å²) in [4.78, 5) is 0. The fourth-order valence-corrected chi connectivity index (χ4v) is 2.07. The average Bonchev–Trinajstić information content (AvgIpc) is 2.47. The molecular weight excluding hydrogens is 188 g/mol. The van der Waals surface area contributed by atoms with Crippen LogP contribution in [0.3, 0.4) is 0 Å². The van der Waals surface area contributed by atoms with E-state index >= 15 is 0 Å². The van der Waals surface area contributed by atoms with E-state index in [-0.39, 0.29) is 6.10 Å². The standard InChI is InChI=1S/C13H18O2/c1-4-5-11-13(14)10-6-8(2)9(3)7-12(10)15-11/h6-7,11,13-14H,4-5H2,1-3H3. The van der Waals surface area contributed by atoms with Crippen molar-refractivity contribution in [3.8, 4) is 5.75 Å². The van der Waals surface area contributed by atoms with E-state index in [0.717, 1.165) is 24.2 Å². The molecule has 2 heteroatoms. The highest BCUT2D eigenvalue weighted by Gasteiger charge is 2.32. The maximum atomic E-state index is 10.1. The van der Waals surface area contributed by atoms with Crippen molar-refractivity contribution in [2.45, 2.75) is 45.8 Å². The topological polar surface area (TPSA) is 29.5 Å². The van der Waals surface area contributed by atoms with Gasteiger partial charge in [-0.2, -0.15) is 0 Å². The minimum absolute atomic E-state index is 0.0498. The molecule has 0 fully saturated rings. The minimum atomic E-state index is -0.445. The third kappa shape index (κ3) is 1.74. The van der Waals surface area contributed by atoms with Crippen LogP contribution in [-0.4, -0.2) is 11.2 Å². The second-order valence-electron chi connectivity index (χ2n) is 4.36. The Bertz CT molecular complexity index is 371. The van der Waals surface area contributed by atoms with Crippen molar-refractivity contribution in [3.05, 3.63) is 28.8 Å². The monoisotopic (exact) mass is 206 g/mol. The summed E-state index contributed by atoms with van der Waals surface area (Å²) in [6, 6.07) is 4.08. The van der Waals surface area contributed by atoms with Crippen LogP contribution in [0.1, 0.15) is 42.6 Å². The Kier molecular flexibility index (Phi) is 2.70. The molecule has 0 aromatic heterocycles. The summed E-state index contributed by atoms with van der Waals surface area (Å²) in [6.07, 6.45) is 1.45. The van der Waals surface area contributed by atoms with Crippen molar-refractivity contribution in [3.63, 3.8) is 0 Å². The van der Waals surface area contributed by atoms with Crippen LogP contribution < -0.4 is 4.74 Å². The van der Waals surface area contributed by atoms with Gasteiger partial charge < -0.3 is 9.84 Å². The Hall–Kier alpha value is -1.02. The molecule has 82 valence electrons. The largest absolute Gasteiger partial charge is 0.487 e. The Morgan fingerprint density at radius 2 is 1.93 bits per heavy atom. The summed E-state index contributed by atoms with van der Waals surface area (Å²) < 4.78 is 5.75. The lowest BCUT2D eigenvalue weighted by Crippen LogP contribution is -2.17. The van der Waals surface area contributed by atoms with Gasteiger partial charge in [-0.1, -0.05) is 13.3 Å². The quantitative estimate of drug-likeness (QED) is 0.806. The highest BCUT2D eigenvalue weighted by molar-refractivity contribution is 5.45. The number of benzene rings is 1. The Morgan fingerprint density at radius 1 is 1.27 bits per heavy atom. The second kappa shape index (κ2) is 3.86. The van der Waals surface area contributed by atoms with Crippen LogP contribution in [0.25, 0.3) is 0 Å². The fourth-order valence-electron chi connectivity index (χ4n) is 2.07. The van der Waals surface area contributed by atoms with Crippen LogP contribution in [0.4, 0.5) is 0 Å². The van der Waals surface area contributed by atoms with Crippen molar-refractivity contribution >= 4 is 0 Å². The zero-order valence-electron chi connectivity index (χ0n) is 9.58. The van der Waals surface area contributed by atoms with Crippen molar-refractivity contribution in [2.24, 2.45) is 0 Å². The molecular formula is C13H18O2. The first-order chi connectivity index (χ1) is 7.13. The van der Waals surface area contributed by atoms with E-state index in [4.69, 9.17) is 4.74 Å². The van der Waals surface area contributed by atoms with Crippen molar-refractivity contribution in [1.82, 2.24) is 0 Å². The van der Waals surface area contributed by atoms with Crippen LogP contribution in [0.5, 0.6) is 5.75 Å². The summed E-state index contributed by atoms with van der Waals surface area (Å²) in [5.74, 6) is 0.865. The van der Waals surface area contributed by atoms with Gasteiger partial charge in [-0.05, 0) is 43.5 Å². The molecule has 2 unspecified atom stereocenters. The Labute approximate surface area is 90.9 Å². The molecule has 0 bridgehead atoms. The van der Waals surface area contributed by atoms with Crippen LogP contribution in [-0.2, 0) is 0 Å². The highest BCUT2D eigenvalue weighted by atomic mass is 16.5. The Morgan fingerprint density at radius 3 is 2.60 bits per heavy atom.